The molecular formula is C19H34IN3O3. The maximum atomic E-state index is 5.66. The summed E-state index contributed by atoms with van der Waals surface area (Å²) in [6.07, 6.45) is 7.16. The summed E-state index contributed by atoms with van der Waals surface area (Å²) in [4.78, 5) is 4.64. The molecule has 6 nitrogen and oxygen atoms in total. The molecule has 7 heteroatoms. The smallest absolute Gasteiger partial charge is 0.191 e. The van der Waals surface area contributed by atoms with Gasteiger partial charge >= 0.3 is 0 Å². The molecule has 2 N–H and O–H groups in total. The number of nitrogens with zero attached hydrogens (tertiary/aromatic N) is 1. The second kappa shape index (κ2) is 15.3. The number of hydrogen-bond acceptors (Lipinski definition) is 4. The highest BCUT2D eigenvalue weighted by Crippen LogP contribution is 2.28. The van der Waals surface area contributed by atoms with E-state index in [2.05, 4.69) is 15.6 Å². The van der Waals surface area contributed by atoms with E-state index >= 15 is 0 Å². The van der Waals surface area contributed by atoms with Gasteiger partial charge < -0.3 is 24.5 Å². The first-order chi connectivity index (χ1) is 12.4. The van der Waals surface area contributed by atoms with Gasteiger partial charge in [0.25, 0.3) is 0 Å². The van der Waals surface area contributed by atoms with Crippen LogP contribution in [0, 0.1) is 5.92 Å². The van der Waals surface area contributed by atoms with Crippen molar-refractivity contribution in [3.8, 4) is 0 Å². The Kier molecular flexibility index (Phi) is 13.7. The number of furan rings is 1. The summed E-state index contributed by atoms with van der Waals surface area (Å²) in [6, 6.07) is 3.91. The molecule has 0 saturated heterocycles. The second-order valence-electron chi connectivity index (χ2n) is 6.34. The fourth-order valence-corrected chi connectivity index (χ4v) is 2.35. The molecule has 1 aromatic heterocycles. The molecule has 0 aromatic carbocycles. The average molecular weight is 479 g/mol. The molecule has 26 heavy (non-hydrogen) atoms. The molecule has 1 heterocycles. The Bertz CT molecular complexity index is 465. The fraction of sp³-hybridized carbons (Fsp3) is 0.737. The zero-order valence-electron chi connectivity index (χ0n) is 15.9. The van der Waals surface area contributed by atoms with Crippen molar-refractivity contribution in [1.29, 1.82) is 0 Å². The molecule has 0 amide bonds. The maximum Gasteiger partial charge on any atom is 0.191 e. The molecule has 0 atom stereocenters. The van der Waals surface area contributed by atoms with Gasteiger partial charge in [-0.05, 0) is 50.7 Å². The van der Waals surface area contributed by atoms with E-state index < -0.39 is 0 Å². The normalized spacial score (nSPS) is 14.1. The minimum absolute atomic E-state index is 0. The number of aliphatic imine (C=N–C) groups is 1. The maximum absolute atomic E-state index is 5.66. The Balaban J connectivity index is 0.00000338. The van der Waals surface area contributed by atoms with Gasteiger partial charge in [-0.3, -0.25) is 4.99 Å². The van der Waals surface area contributed by atoms with E-state index in [1.54, 1.807) is 6.26 Å². The third-order valence-corrected chi connectivity index (χ3v) is 3.97. The summed E-state index contributed by atoms with van der Waals surface area (Å²) in [5.74, 6) is 2.66. The molecule has 1 saturated carbocycles. The SMILES string of the molecule is CCOCCCNC(=NCCCOCC1CC1)NCCc1ccco1.I. The molecule has 1 fully saturated rings. The van der Waals surface area contributed by atoms with Crippen molar-refractivity contribution in [2.24, 2.45) is 10.9 Å². The fourth-order valence-electron chi connectivity index (χ4n) is 2.35. The minimum atomic E-state index is 0. The highest BCUT2D eigenvalue weighted by molar-refractivity contribution is 14.0. The van der Waals surface area contributed by atoms with Gasteiger partial charge in [0.15, 0.2) is 5.96 Å². The van der Waals surface area contributed by atoms with Gasteiger partial charge in [0.1, 0.15) is 5.76 Å². The van der Waals surface area contributed by atoms with E-state index in [1.165, 1.54) is 12.8 Å². The lowest BCUT2D eigenvalue weighted by Gasteiger charge is -2.12. The van der Waals surface area contributed by atoms with Crippen LogP contribution in [0.25, 0.3) is 0 Å². The Hall–Kier alpha value is -0.800. The Labute approximate surface area is 174 Å². The largest absolute Gasteiger partial charge is 0.469 e. The highest BCUT2D eigenvalue weighted by atomic mass is 127. The first kappa shape index (κ1) is 23.2. The predicted octanol–water partition coefficient (Wildman–Crippen LogP) is 3.22. The van der Waals surface area contributed by atoms with Crippen molar-refractivity contribution in [2.75, 3.05) is 46.1 Å². The van der Waals surface area contributed by atoms with Crippen molar-refractivity contribution in [2.45, 2.75) is 39.0 Å². The Morgan fingerprint density at radius 1 is 1.19 bits per heavy atom. The van der Waals surface area contributed by atoms with E-state index in [-0.39, 0.29) is 24.0 Å². The van der Waals surface area contributed by atoms with E-state index in [1.807, 2.05) is 19.1 Å². The van der Waals surface area contributed by atoms with Crippen molar-refractivity contribution in [3.05, 3.63) is 24.2 Å². The number of nitrogens with one attached hydrogen (secondary N) is 2. The molecule has 0 spiro atoms. The van der Waals surface area contributed by atoms with Gasteiger partial charge in [-0.15, -0.1) is 24.0 Å². The van der Waals surface area contributed by atoms with Crippen LogP contribution in [-0.4, -0.2) is 52.0 Å². The van der Waals surface area contributed by atoms with E-state index in [4.69, 9.17) is 13.9 Å². The van der Waals surface area contributed by atoms with Gasteiger partial charge in [-0.2, -0.15) is 0 Å². The summed E-state index contributed by atoms with van der Waals surface area (Å²) in [7, 11) is 0. The first-order valence-corrected chi connectivity index (χ1v) is 9.58. The van der Waals surface area contributed by atoms with E-state index in [9.17, 15) is 0 Å². The molecule has 0 unspecified atom stereocenters. The topological polar surface area (TPSA) is 68.0 Å². The Morgan fingerprint density at radius 3 is 2.73 bits per heavy atom. The number of hydrogen-bond donors (Lipinski definition) is 2. The van der Waals surface area contributed by atoms with Crippen LogP contribution in [0.15, 0.2) is 27.8 Å². The molecule has 0 bridgehead atoms. The summed E-state index contributed by atoms with van der Waals surface area (Å²) in [5, 5.41) is 6.73. The summed E-state index contributed by atoms with van der Waals surface area (Å²) in [6.45, 7) is 7.70. The molecule has 2 rings (SSSR count). The van der Waals surface area contributed by atoms with Crippen molar-refractivity contribution >= 4 is 29.9 Å². The number of ether oxygens (including phenoxy) is 2. The quantitative estimate of drug-likeness (QED) is 0.186. The lowest BCUT2D eigenvalue weighted by Crippen LogP contribution is -2.39. The Morgan fingerprint density at radius 2 is 2.00 bits per heavy atom. The van der Waals surface area contributed by atoms with Crippen LogP contribution in [0.1, 0.15) is 38.4 Å². The number of guanidine groups is 1. The standard InChI is InChI=1S/C19H33N3O3.HI/c1-2-23-13-4-10-20-19(22-12-9-18-6-3-15-25-18)21-11-5-14-24-16-17-7-8-17;/h3,6,15,17H,2,4-5,7-14,16H2,1H3,(H2,20,21,22);1H. The third kappa shape index (κ3) is 11.7. The molecule has 0 aliphatic heterocycles. The van der Waals surface area contributed by atoms with Crippen molar-refractivity contribution in [3.63, 3.8) is 0 Å². The molecular weight excluding hydrogens is 445 g/mol. The van der Waals surface area contributed by atoms with E-state index in [0.717, 1.165) is 83.0 Å². The minimum Gasteiger partial charge on any atom is -0.469 e. The monoisotopic (exact) mass is 479 g/mol. The van der Waals surface area contributed by atoms with Gasteiger partial charge in [0.2, 0.25) is 0 Å². The van der Waals surface area contributed by atoms with Crippen LogP contribution in [0.2, 0.25) is 0 Å². The predicted molar refractivity (Wildman–Crippen MR) is 115 cm³/mol. The van der Waals surface area contributed by atoms with Crippen LogP contribution in [0.4, 0.5) is 0 Å². The van der Waals surface area contributed by atoms with E-state index in [0.29, 0.717) is 0 Å². The van der Waals surface area contributed by atoms with Crippen LogP contribution >= 0.6 is 24.0 Å². The number of rotatable bonds is 14. The molecule has 1 aliphatic rings. The molecule has 0 radical (unpaired) electrons. The van der Waals surface area contributed by atoms with Gasteiger partial charge in [0, 0.05) is 52.5 Å². The van der Waals surface area contributed by atoms with Crippen LogP contribution in [0.3, 0.4) is 0 Å². The van der Waals surface area contributed by atoms with Crippen LogP contribution in [0.5, 0.6) is 0 Å². The van der Waals surface area contributed by atoms with Gasteiger partial charge in [-0.1, -0.05) is 0 Å². The number of halogens is 1. The lowest BCUT2D eigenvalue weighted by atomic mass is 10.3. The third-order valence-electron chi connectivity index (χ3n) is 3.97. The van der Waals surface area contributed by atoms with Crippen molar-refractivity contribution in [1.82, 2.24) is 10.6 Å². The average Bonchev–Trinajstić information content (AvgIpc) is 3.30. The summed E-state index contributed by atoms with van der Waals surface area (Å²) in [5.41, 5.74) is 0. The lowest BCUT2D eigenvalue weighted by molar-refractivity contribution is 0.123. The van der Waals surface area contributed by atoms with Gasteiger partial charge in [-0.25, -0.2) is 0 Å². The molecule has 150 valence electrons. The zero-order chi connectivity index (χ0) is 17.6. The van der Waals surface area contributed by atoms with Crippen LogP contribution in [-0.2, 0) is 15.9 Å². The first-order valence-electron chi connectivity index (χ1n) is 9.58. The second-order valence-corrected chi connectivity index (χ2v) is 6.34. The summed E-state index contributed by atoms with van der Waals surface area (Å²) >= 11 is 0. The molecule has 1 aromatic rings. The van der Waals surface area contributed by atoms with Crippen molar-refractivity contribution < 1.29 is 13.9 Å². The van der Waals surface area contributed by atoms with Crippen LogP contribution < -0.4 is 10.6 Å². The summed E-state index contributed by atoms with van der Waals surface area (Å²) < 4.78 is 16.4. The molecule has 1 aliphatic carbocycles. The highest BCUT2D eigenvalue weighted by Gasteiger charge is 2.20. The zero-order valence-corrected chi connectivity index (χ0v) is 18.2. The van der Waals surface area contributed by atoms with Gasteiger partial charge in [0.05, 0.1) is 6.26 Å².